The summed E-state index contributed by atoms with van der Waals surface area (Å²) < 4.78 is 10.4. The molecule has 0 aliphatic heterocycles. The second kappa shape index (κ2) is 6.76. The second-order valence-corrected chi connectivity index (χ2v) is 6.19. The maximum Gasteiger partial charge on any atom is 0.275 e. The Hall–Kier alpha value is -2.44. The summed E-state index contributed by atoms with van der Waals surface area (Å²) in [5, 5.41) is 3.58. The van der Waals surface area contributed by atoms with E-state index in [2.05, 4.69) is 10.3 Å². The molecule has 0 unspecified atom stereocenters. The van der Waals surface area contributed by atoms with E-state index in [0.717, 1.165) is 16.1 Å². The summed E-state index contributed by atoms with van der Waals surface area (Å²) in [6.07, 6.45) is 1.59. The first-order valence-electron chi connectivity index (χ1n) is 7.08. The van der Waals surface area contributed by atoms with Gasteiger partial charge in [-0.15, -0.1) is 11.3 Å². The van der Waals surface area contributed by atoms with Crippen molar-refractivity contribution >= 4 is 22.9 Å². The molecule has 0 aliphatic rings. The van der Waals surface area contributed by atoms with Gasteiger partial charge in [-0.1, -0.05) is 12.1 Å². The third-order valence-corrected chi connectivity index (χ3v) is 4.22. The molecule has 0 bridgehead atoms. The molecule has 1 N–H and O–H groups in total. The first-order valence-corrected chi connectivity index (χ1v) is 7.89. The summed E-state index contributed by atoms with van der Waals surface area (Å²) in [5.74, 6) is 0.436. The number of nitrogens with one attached hydrogen (secondary N) is 1. The molecule has 0 saturated heterocycles. The molecule has 0 fully saturated rings. The van der Waals surface area contributed by atoms with E-state index in [1.54, 1.807) is 19.4 Å². The average Bonchev–Trinajstić information content (AvgIpc) is 3.17. The lowest BCUT2D eigenvalue weighted by Crippen LogP contribution is -2.13. The van der Waals surface area contributed by atoms with E-state index in [9.17, 15) is 4.79 Å². The van der Waals surface area contributed by atoms with Gasteiger partial charge in [0.1, 0.15) is 5.69 Å². The molecule has 0 saturated carbocycles. The van der Waals surface area contributed by atoms with Crippen LogP contribution in [0.5, 0.6) is 0 Å². The Balaban J connectivity index is 1.80. The fourth-order valence-electron chi connectivity index (χ4n) is 2.21. The molecule has 118 valence electrons. The van der Waals surface area contributed by atoms with E-state index in [0.29, 0.717) is 23.1 Å². The van der Waals surface area contributed by atoms with Gasteiger partial charge in [0.25, 0.3) is 5.91 Å². The number of hydrogen-bond donors (Lipinski definition) is 1. The van der Waals surface area contributed by atoms with Gasteiger partial charge in [-0.3, -0.25) is 4.79 Å². The molecule has 5 nitrogen and oxygen atoms in total. The van der Waals surface area contributed by atoms with Crippen molar-refractivity contribution in [2.45, 2.75) is 13.5 Å². The van der Waals surface area contributed by atoms with E-state index in [-0.39, 0.29) is 5.91 Å². The number of thiazole rings is 1. The van der Waals surface area contributed by atoms with Gasteiger partial charge in [0, 0.05) is 17.7 Å². The van der Waals surface area contributed by atoms with Gasteiger partial charge >= 0.3 is 0 Å². The predicted molar refractivity (Wildman–Crippen MR) is 89.7 cm³/mol. The van der Waals surface area contributed by atoms with Gasteiger partial charge in [-0.2, -0.15) is 0 Å². The predicted octanol–water partition coefficient (Wildman–Crippen LogP) is 4.11. The zero-order valence-corrected chi connectivity index (χ0v) is 13.6. The maximum atomic E-state index is 12.5. The average molecular weight is 328 g/mol. The number of benzene rings is 1. The van der Waals surface area contributed by atoms with Gasteiger partial charge in [0.2, 0.25) is 0 Å². The lowest BCUT2D eigenvalue weighted by Gasteiger charge is -2.06. The maximum absolute atomic E-state index is 12.5. The van der Waals surface area contributed by atoms with Gasteiger partial charge < -0.3 is 14.5 Å². The molecule has 0 atom stereocenters. The lowest BCUT2D eigenvalue weighted by atomic mass is 10.2. The van der Waals surface area contributed by atoms with Crippen molar-refractivity contribution in [3.8, 4) is 10.8 Å². The number of aryl methyl sites for hydroxylation is 1. The molecule has 0 spiro atoms. The highest BCUT2D eigenvalue weighted by Crippen LogP contribution is 2.28. The third kappa shape index (κ3) is 3.49. The number of anilines is 1. The van der Waals surface area contributed by atoms with Crippen LogP contribution in [0.25, 0.3) is 10.8 Å². The van der Waals surface area contributed by atoms with Crippen LogP contribution in [0.2, 0.25) is 0 Å². The van der Waals surface area contributed by atoms with Crippen LogP contribution in [0, 0.1) is 6.92 Å². The first-order chi connectivity index (χ1) is 11.2. The van der Waals surface area contributed by atoms with E-state index in [1.165, 1.54) is 11.3 Å². The van der Waals surface area contributed by atoms with Crippen LogP contribution in [0.3, 0.4) is 0 Å². The zero-order valence-electron chi connectivity index (χ0n) is 12.8. The molecule has 1 amide bonds. The van der Waals surface area contributed by atoms with E-state index >= 15 is 0 Å². The van der Waals surface area contributed by atoms with Gasteiger partial charge in [-0.25, -0.2) is 4.98 Å². The molecule has 2 aromatic heterocycles. The Labute approximate surface area is 137 Å². The van der Waals surface area contributed by atoms with Crippen molar-refractivity contribution in [1.82, 2.24) is 4.98 Å². The van der Waals surface area contributed by atoms with Gasteiger partial charge in [0.05, 0.1) is 12.9 Å². The monoisotopic (exact) mass is 328 g/mol. The number of aromatic nitrogens is 1. The number of furan rings is 1. The number of methoxy groups -OCH3 is 1. The Morgan fingerprint density at radius 3 is 2.96 bits per heavy atom. The lowest BCUT2D eigenvalue weighted by molar-refractivity contribution is 0.102. The first kappa shape index (κ1) is 15.5. The largest absolute Gasteiger partial charge is 0.462 e. The quantitative estimate of drug-likeness (QED) is 0.765. The SMILES string of the molecule is COCc1cccc(NC(=O)c2nc(-c3ccco3)sc2C)c1. The molecule has 23 heavy (non-hydrogen) atoms. The number of hydrogen-bond acceptors (Lipinski definition) is 5. The van der Waals surface area contributed by atoms with Gasteiger partial charge in [0.15, 0.2) is 10.8 Å². The van der Waals surface area contributed by atoms with Crippen LogP contribution in [0.4, 0.5) is 5.69 Å². The summed E-state index contributed by atoms with van der Waals surface area (Å²) in [6.45, 7) is 2.38. The summed E-state index contributed by atoms with van der Waals surface area (Å²) in [5.41, 5.74) is 2.13. The van der Waals surface area contributed by atoms with Crippen molar-refractivity contribution in [1.29, 1.82) is 0 Å². The van der Waals surface area contributed by atoms with E-state index in [1.807, 2.05) is 37.3 Å². The molecule has 2 heterocycles. The molecule has 3 rings (SSSR count). The number of amides is 1. The molecule has 3 aromatic rings. The van der Waals surface area contributed by atoms with E-state index < -0.39 is 0 Å². The topological polar surface area (TPSA) is 64.4 Å². The third-order valence-electron chi connectivity index (χ3n) is 3.24. The summed E-state index contributed by atoms with van der Waals surface area (Å²) in [7, 11) is 1.64. The zero-order chi connectivity index (χ0) is 16.2. The number of carbonyl (C=O) groups is 1. The summed E-state index contributed by atoms with van der Waals surface area (Å²) >= 11 is 1.44. The Kier molecular flexibility index (Phi) is 4.55. The number of carbonyl (C=O) groups excluding carboxylic acids is 1. The molecule has 0 aliphatic carbocycles. The van der Waals surface area contributed by atoms with Crippen LogP contribution >= 0.6 is 11.3 Å². The van der Waals surface area contributed by atoms with Crippen molar-refractivity contribution in [3.63, 3.8) is 0 Å². The molecular formula is C17H16N2O3S. The van der Waals surface area contributed by atoms with Crippen molar-refractivity contribution in [2.75, 3.05) is 12.4 Å². The minimum atomic E-state index is -0.230. The highest BCUT2D eigenvalue weighted by Gasteiger charge is 2.17. The van der Waals surface area contributed by atoms with E-state index in [4.69, 9.17) is 9.15 Å². The smallest absolute Gasteiger partial charge is 0.275 e. The number of rotatable bonds is 5. The Morgan fingerprint density at radius 2 is 2.22 bits per heavy atom. The molecule has 0 radical (unpaired) electrons. The number of nitrogens with zero attached hydrogens (tertiary/aromatic N) is 1. The normalized spacial score (nSPS) is 10.7. The Bertz CT molecular complexity index is 809. The van der Waals surface area contributed by atoms with Crippen LogP contribution < -0.4 is 5.32 Å². The van der Waals surface area contributed by atoms with Gasteiger partial charge in [-0.05, 0) is 36.8 Å². The minimum Gasteiger partial charge on any atom is -0.462 e. The second-order valence-electron chi connectivity index (χ2n) is 4.99. The highest BCUT2D eigenvalue weighted by molar-refractivity contribution is 7.15. The molecular weight excluding hydrogens is 312 g/mol. The van der Waals surface area contributed by atoms with Crippen molar-refractivity contribution < 1.29 is 13.9 Å². The fraction of sp³-hybridized carbons (Fsp3) is 0.176. The molecule has 6 heteroatoms. The van der Waals surface area contributed by atoms with Crippen molar-refractivity contribution in [2.24, 2.45) is 0 Å². The number of ether oxygens (including phenoxy) is 1. The van der Waals surface area contributed by atoms with Crippen LogP contribution in [0.15, 0.2) is 47.1 Å². The van der Waals surface area contributed by atoms with Crippen LogP contribution in [-0.2, 0) is 11.3 Å². The summed E-state index contributed by atoms with van der Waals surface area (Å²) in [6, 6.07) is 11.2. The highest BCUT2D eigenvalue weighted by atomic mass is 32.1. The van der Waals surface area contributed by atoms with Crippen LogP contribution in [0.1, 0.15) is 20.9 Å². The van der Waals surface area contributed by atoms with Crippen molar-refractivity contribution in [3.05, 3.63) is 58.8 Å². The molecule has 1 aromatic carbocycles. The minimum absolute atomic E-state index is 0.230. The fourth-order valence-corrected chi connectivity index (χ4v) is 3.09. The van der Waals surface area contributed by atoms with Crippen LogP contribution in [-0.4, -0.2) is 18.0 Å². The summed E-state index contributed by atoms with van der Waals surface area (Å²) in [4.78, 5) is 17.7. The Morgan fingerprint density at radius 1 is 1.35 bits per heavy atom. The standard InChI is InChI=1S/C17H16N2O3S/c1-11-15(19-17(23-11)14-7-4-8-22-14)16(20)18-13-6-3-5-12(9-13)10-21-2/h3-9H,10H2,1-2H3,(H,18,20).